The summed E-state index contributed by atoms with van der Waals surface area (Å²) in [6, 6.07) is 11.6. The van der Waals surface area contributed by atoms with Gasteiger partial charge in [0, 0.05) is 29.7 Å². The first-order chi connectivity index (χ1) is 12.7. The van der Waals surface area contributed by atoms with E-state index in [0.29, 0.717) is 24.3 Å². The Hall–Kier alpha value is -2.40. The molecule has 0 spiro atoms. The van der Waals surface area contributed by atoms with Gasteiger partial charge in [-0.05, 0) is 17.9 Å². The molecule has 144 valence electrons. The van der Waals surface area contributed by atoms with E-state index in [-0.39, 0.29) is 33.9 Å². The molecule has 0 unspecified atom stereocenters. The fourth-order valence-corrected chi connectivity index (χ4v) is 3.33. The lowest BCUT2D eigenvalue weighted by molar-refractivity contribution is -0.384. The molecule has 0 N–H and O–H groups in total. The van der Waals surface area contributed by atoms with Crippen LogP contribution in [-0.2, 0) is 0 Å². The Labute approximate surface area is 165 Å². The molecule has 2 aromatic rings. The molecule has 5 nitrogen and oxygen atoms in total. The summed E-state index contributed by atoms with van der Waals surface area (Å²) >= 11 is 6.14. The highest BCUT2D eigenvalue weighted by molar-refractivity contribution is 6.32. The molecule has 0 aliphatic heterocycles. The van der Waals surface area contributed by atoms with E-state index in [0.717, 1.165) is 0 Å². The van der Waals surface area contributed by atoms with Crippen LogP contribution in [0.1, 0.15) is 43.6 Å². The van der Waals surface area contributed by atoms with E-state index in [1.54, 1.807) is 24.3 Å². The lowest BCUT2D eigenvalue weighted by atomic mass is 9.98. The van der Waals surface area contributed by atoms with Crippen molar-refractivity contribution in [2.45, 2.75) is 27.7 Å². The Morgan fingerprint density at radius 2 is 1.63 bits per heavy atom. The molecular weight excluding hydrogens is 364 g/mol. The van der Waals surface area contributed by atoms with Gasteiger partial charge in [0.25, 0.3) is 5.69 Å². The van der Waals surface area contributed by atoms with Gasteiger partial charge in [-0.15, -0.1) is 0 Å². The predicted molar refractivity (Wildman–Crippen MR) is 110 cm³/mol. The number of ketones is 1. The van der Waals surface area contributed by atoms with Crippen LogP contribution in [0, 0.1) is 22.0 Å². The van der Waals surface area contributed by atoms with Gasteiger partial charge in [0.1, 0.15) is 5.69 Å². The van der Waals surface area contributed by atoms with Crippen molar-refractivity contribution in [3.8, 4) is 0 Å². The summed E-state index contributed by atoms with van der Waals surface area (Å²) < 4.78 is 0. The third-order valence-electron chi connectivity index (χ3n) is 4.02. The minimum Gasteiger partial charge on any atom is -0.365 e. The van der Waals surface area contributed by atoms with Crippen molar-refractivity contribution >= 4 is 28.8 Å². The van der Waals surface area contributed by atoms with Crippen molar-refractivity contribution in [1.82, 2.24) is 0 Å². The van der Waals surface area contributed by atoms with Crippen molar-refractivity contribution in [2.24, 2.45) is 11.8 Å². The normalized spacial score (nSPS) is 11.1. The van der Waals surface area contributed by atoms with Gasteiger partial charge in [0.2, 0.25) is 0 Å². The van der Waals surface area contributed by atoms with Crippen molar-refractivity contribution in [3.05, 3.63) is 68.7 Å². The van der Waals surface area contributed by atoms with Crippen molar-refractivity contribution in [1.29, 1.82) is 0 Å². The largest absolute Gasteiger partial charge is 0.365 e. The fourth-order valence-electron chi connectivity index (χ4n) is 3.11. The predicted octanol–water partition coefficient (Wildman–Crippen LogP) is 5.60. The molecule has 2 rings (SSSR count). The van der Waals surface area contributed by atoms with Crippen LogP contribution >= 0.6 is 11.6 Å². The third-order valence-corrected chi connectivity index (χ3v) is 4.24. The topological polar surface area (TPSA) is 63.5 Å². The van der Waals surface area contributed by atoms with Crippen molar-refractivity contribution < 1.29 is 9.72 Å². The zero-order valence-electron chi connectivity index (χ0n) is 16.1. The Balaban J connectivity index is 2.71. The molecule has 0 saturated heterocycles. The monoisotopic (exact) mass is 388 g/mol. The molecule has 0 amide bonds. The van der Waals surface area contributed by atoms with E-state index in [2.05, 4.69) is 0 Å². The van der Waals surface area contributed by atoms with Crippen LogP contribution in [0.25, 0.3) is 0 Å². The van der Waals surface area contributed by atoms with E-state index in [1.807, 2.05) is 38.7 Å². The molecule has 0 aromatic heterocycles. The summed E-state index contributed by atoms with van der Waals surface area (Å²) in [5.74, 6) is 0.283. The Morgan fingerprint density at radius 1 is 1.07 bits per heavy atom. The van der Waals surface area contributed by atoms with E-state index in [1.165, 1.54) is 12.1 Å². The van der Waals surface area contributed by atoms with Crippen molar-refractivity contribution in [2.75, 3.05) is 18.0 Å². The quantitative estimate of drug-likeness (QED) is 0.335. The summed E-state index contributed by atoms with van der Waals surface area (Å²) in [6.07, 6.45) is 0. The summed E-state index contributed by atoms with van der Waals surface area (Å²) in [4.78, 5) is 26.4. The van der Waals surface area contributed by atoms with E-state index < -0.39 is 4.92 Å². The van der Waals surface area contributed by atoms with Crippen LogP contribution in [0.2, 0.25) is 5.02 Å². The van der Waals surface area contributed by atoms with Gasteiger partial charge in [0.15, 0.2) is 5.78 Å². The summed E-state index contributed by atoms with van der Waals surface area (Å²) in [5, 5.41) is 11.9. The van der Waals surface area contributed by atoms with Crippen LogP contribution in [0.5, 0.6) is 0 Å². The maximum atomic E-state index is 13.2. The third kappa shape index (κ3) is 5.30. The smallest absolute Gasteiger partial charge is 0.294 e. The second-order valence-corrected chi connectivity index (χ2v) is 7.90. The second-order valence-electron chi connectivity index (χ2n) is 7.47. The first-order valence-corrected chi connectivity index (χ1v) is 9.41. The lowest BCUT2D eigenvalue weighted by Gasteiger charge is -2.30. The van der Waals surface area contributed by atoms with E-state index in [4.69, 9.17) is 11.6 Å². The minimum absolute atomic E-state index is 0.136. The van der Waals surface area contributed by atoms with Gasteiger partial charge in [-0.25, -0.2) is 0 Å². The average Bonchev–Trinajstić information content (AvgIpc) is 2.59. The van der Waals surface area contributed by atoms with Crippen LogP contribution in [0.15, 0.2) is 42.5 Å². The molecule has 27 heavy (non-hydrogen) atoms. The number of hydrogen-bond acceptors (Lipinski definition) is 4. The zero-order valence-corrected chi connectivity index (χ0v) is 16.9. The molecular formula is C21H25ClN2O3. The van der Waals surface area contributed by atoms with Gasteiger partial charge >= 0.3 is 0 Å². The van der Waals surface area contributed by atoms with Gasteiger partial charge in [0.05, 0.1) is 10.5 Å². The minimum atomic E-state index is -0.462. The molecule has 0 bridgehead atoms. The molecule has 0 aliphatic rings. The number of carbonyl (C=O) groups is 1. The molecule has 0 saturated carbocycles. The molecule has 0 fully saturated rings. The fraction of sp³-hybridized carbons (Fsp3) is 0.381. The number of nitro groups is 1. The molecule has 2 aromatic carbocycles. The standard InChI is InChI=1S/C21H25ClN2O3/c1-14(2)12-23(13-15(3)4)20-18(10-17(22)11-19(20)24(26)27)21(25)16-8-6-5-7-9-16/h5-11,14-15H,12-13H2,1-4H3. The Kier molecular flexibility index (Phi) is 6.97. The van der Waals surface area contributed by atoms with Gasteiger partial charge in [-0.3, -0.25) is 14.9 Å². The number of nitro benzene ring substituents is 1. The highest BCUT2D eigenvalue weighted by Gasteiger charge is 2.29. The maximum Gasteiger partial charge on any atom is 0.294 e. The number of hydrogen-bond donors (Lipinski definition) is 0. The summed E-state index contributed by atoms with van der Waals surface area (Å²) in [5.41, 5.74) is 0.954. The maximum absolute atomic E-state index is 13.2. The molecule has 0 atom stereocenters. The van der Waals surface area contributed by atoms with Gasteiger partial charge in [-0.2, -0.15) is 0 Å². The van der Waals surface area contributed by atoms with Crippen LogP contribution in [0.3, 0.4) is 0 Å². The molecule has 6 heteroatoms. The average molecular weight is 389 g/mol. The zero-order chi connectivity index (χ0) is 20.1. The first-order valence-electron chi connectivity index (χ1n) is 9.03. The summed E-state index contributed by atoms with van der Waals surface area (Å²) in [7, 11) is 0. The SMILES string of the molecule is CC(C)CN(CC(C)C)c1c(C(=O)c2ccccc2)cc(Cl)cc1[N+](=O)[O-]. The van der Waals surface area contributed by atoms with Crippen molar-refractivity contribution in [3.63, 3.8) is 0 Å². The number of carbonyl (C=O) groups excluding carboxylic acids is 1. The second kappa shape index (κ2) is 9.00. The number of benzene rings is 2. The van der Waals surface area contributed by atoms with Gasteiger partial charge in [-0.1, -0.05) is 69.6 Å². The van der Waals surface area contributed by atoms with Crippen LogP contribution in [0.4, 0.5) is 11.4 Å². The number of halogens is 1. The molecule has 0 radical (unpaired) electrons. The summed E-state index contributed by atoms with van der Waals surface area (Å²) in [6.45, 7) is 9.41. The van der Waals surface area contributed by atoms with Gasteiger partial charge < -0.3 is 4.90 Å². The number of anilines is 1. The van der Waals surface area contributed by atoms with E-state index in [9.17, 15) is 14.9 Å². The molecule has 0 heterocycles. The molecule has 0 aliphatic carbocycles. The Morgan fingerprint density at radius 3 is 2.11 bits per heavy atom. The lowest BCUT2D eigenvalue weighted by Crippen LogP contribution is -2.33. The Bertz CT molecular complexity index is 810. The highest BCUT2D eigenvalue weighted by atomic mass is 35.5. The highest BCUT2D eigenvalue weighted by Crippen LogP contribution is 2.37. The van der Waals surface area contributed by atoms with Crippen LogP contribution < -0.4 is 4.90 Å². The van der Waals surface area contributed by atoms with E-state index >= 15 is 0 Å². The van der Waals surface area contributed by atoms with Crippen LogP contribution in [-0.4, -0.2) is 23.8 Å². The number of rotatable bonds is 8. The first kappa shape index (κ1) is 20.9. The number of nitrogens with zero attached hydrogens (tertiary/aromatic N) is 2.